The molecular weight excluding hydrogens is 350 g/mol. The lowest BCUT2D eigenvalue weighted by Crippen LogP contribution is -2.41. The SMILES string of the molecule is COc1ccccc1C(=O)N(c1cc(C)cc(C)c1)[C@@H]1C=CS(=O)(=O)C1. The molecule has 26 heavy (non-hydrogen) atoms. The molecule has 6 heteroatoms. The molecule has 2 aromatic rings. The standard InChI is InChI=1S/C20H21NO4S/c1-14-10-15(2)12-17(11-14)21(16-8-9-26(23,24)13-16)20(22)18-6-4-5-7-19(18)25-3/h4-12,16H,13H2,1-3H3/t16-/m1/s1. The topological polar surface area (TPSA) is 63.7 Å². The molecular formula is C20H21NO4S. The maximum atomic E-state index is 13.4. The van der Waals surface area contributed by atoms with Gasteiger partial charge in [0.15, 0.2) is 9.84 Å². The zero-order valence-electron chi connectivity index (χ0n) is 15.0. The van der Waals surface area contributed by atoms with Crippen LogP contribution < -0.4 is 9.64 Å². The number of methoxy groups -OCH3 is 1. The summed E-state index contributed by atoms with van der Waals surface area (Å²) in [6.45, 7) is 3.90. The Morgan fingerprint density at radius 2 is 1.77 bits per heavy atom. The van der Waals surface area contributed by atoms with Crippen molar-refractivity contribution < 1.29 is 17.9 Å². The van der Waals surface area contributed by atoms with E-state index in [-0.39, 0.29) is 11.7 Å². The lowest BCUT2D eigenvalue weighted by Gasteiger charge is -2.29. The van der Waals surface area contributed by atoms with Crippen LogP contribution in [-0.2, 0) is 9.84 Å². The van der Waals surface area contributed by atoms with E-state index in [2.05, 4.69) is 0 Å². The van der Waals surface area contributed by atoms with E-state index in [1.807, 2.05) is 32.0 Å². The number of anilines is 1. The largest absolute Gasteiger partial charge is 0.496 e. The third-order valence-electron chi connectivity index (χ3n) is 4.28. The van der Waals surface area contributed by atoms with Crippen LogP contribution in [0.3, 0.4) is 0 Å². The normalized spacial score (nSPS) is 17.9. The fraction of sp³-hybridized carbons (Fsp3) is 0.250. The van der Waals surface area contributed by atoms with Gasteiger partial charge in [0, 0.05) is 11.1 Å². The van der Waals surface area contributed by atoms with Gasteiger partial charge in [-0.1, -0.05) is 18.2 Å². The van der Waals surface area contributed by atoms with Crippen LogP contribution in [0, 0.1) is 13.8 Å². The number of hydrogen-bond acceptors (Lipinski definition) is 4. The first-order chi connectivity index (χ1) is 12.3. The number of sulfone groups is 1. The van der Waals surface area contributed by atoms with Crippen LogP contribution >= 0.6 is 0 Å². The van der Waals surface area contributed by atoms with Crippen molar-refractivity contribution in [2.24, 2.45) is 0 Å². The number of rotatable bonds is 4. The lowest BCUT2D eigenvalue weighted by atomic mass is 10.1. The molecule has 0 spiro atoms. The highest BCUT2D eigenvalue weighted by atomic mass is 32.2. The molecule has 5 nitrogen and oxygen atoms in total. The molecule has 0 bridgehead atoms. The summed E-state index contributed by atoms with van der Waals surface area (Å²) in [6, 6.07) is 12.2. The molecule has 1 atom stereocenters. The Bertz CT molecular complexity index is 959. The summed E-state index contributed by atoms with van der Waals surface area (Å²) in [5.74, 6) is 0.0388. The van der Waals surface area contributed by atoms with E-state index in [0.29, 0.717) is 17.0 Å². The van der Waals surface area contributed by atoms with Crippen molar-refractivity contribution in [3.8, 4) is 5.75 Å². The van der Waals surface area contributed by atoms with E-state index < -0.39 is 15.9 Å². The van der Waals surface area contributed by atoms with E-state index >= 15 is 0 Å². The quantitative estimate of drug-likeness (QED) is 0.827. The Hall–Kier alpha value is -2.60. The average molecular weight is 371 g/mol. The maximum Gasteiger partial charge on any atom is 0.262 e. The first-order valence-corrected chi connectivity index (χ1v) is 9.98. The maximum absolute atomic E-state index is 13.4. The predicted octanol–water partition coefficient (Wildman–Crippen LogP) is 3.27. The van der Waals surface area contributed by atoms with Crippen molar-refractivity contribution in [1.29, 1.82) is 0 Å². The van der Waals surface area contributed by atoms with E-state index in [4.69, 9.17) is 4.74 Å². The number of carbonyl (C=O) groups excluding carboxylic acids is 1. The van der Waals surface area contributed by atoms with Crippen molar-refractivity contribution in [3.63, 3.8) is 0 Å². The summed E-state index contributed by atoms with van der Waals surface area (Å²) < 4.78 is 29.2. The lowest BCUT2D eigenvalue weighted by molar-refractivity contribution is 0.0980. The first kappa shape index (κ1) is 18.2. The average Bonchev–Trinajstić information content (AvgIpc) is 2.93. The Morgan fingerprint density at radius 1 is 1.12 bits per heavy atom. The number of nitrogens with zero attached hydrogens (tertiary/aromatic N) is 1. The molecule has 1 aliphatic rings. The Kier molecular flexibility index (Phi) is 4.87. The van der Waals surface area contributed by atoms with Crippen molar-refractivity contribution >= 4 is 21.4 Å². The fourth-order valence-corrected chi connectivity index (χ4v) is 4.49. The summed E-state index contributed by atoms with van der Waals surface area (Å²) in [5.41, 5.74) is 3.07. The van der Waals surface area contributed by atoms with Crippen molar-refractivity contribution in [1.82, 2.24) is 0 Å². The molecule has 0 fully saturated rings. The van der Waals surface area contributed by atoms with Crippen LogP contribution in [0.1, 0.15) is 21.5 Å². The second-order valence-electron chi connectivity index (χ2n) is 6.45. The van der Waals surface area contributed by atoms with Crippen LogP contribution in [0.2, 0.25) is 0 Å². The van der Waals surface area contributed by atoms with E-state index in [1.54, 1.807) is 35.2 Å². The highest BCUT2D eigenvalue weighted by Gasteiger charge is 2.33. The Labute approximate surface area is 153 Å². The van der Waals surface area contributed by atoms with Crippen LogP contribution in [-0.4, -0.2) is 33.2 Å². The minimum Gasteiger partial charge on any atom is -0.496 e. The smallest absolute Gasteiger partial charge is 0.262 e. The molecule has 1 aliphatic heterocycles. The summed E-state index contributed by atoms with van der Waals surface area (Å²) in [6.07, 6.45) is 1.57. The van der Waals surface area contributed by atoms with Gasteiger partial charge < -0.3 is 9.64 Å². The van der Waals surface area contributed by atoms with Gasteiger partial charge in [-0.05, 0) is 55.3 Å². The fourth-order valence-electron chi connectivity index (χ4n) is 3.22. The third-order valence-corrected chi connectivity index (χ3v) is 5.66. The van der Waals surface area contributed by atoms with Gasteiger partial charge in [0.1, 0.15) is 5.75 Å². The van der Waals surface area contributed by atoms with Gasteiger partial charge in [-0.2, -0.15) is 0 Å². The van der Waals surface area contributed by atoms with Gasteiger partial charge in [-0.15, -0.1) is 0 Å². The molecule has 0 saturated carbocycles. The van der Waals surface area contributed by atoms with Crippen LogP contribution in [0.15, 0.2) is 53.9 Å². The molecule has 1 amide bonds. The molecule has 0 aliphatic carbocycles. The Morgan fingerprint density at radius 3 is 2.35 bits per heavy atom. The number of para-hydroxylation sites is 1. The molecule has 136 valence electrons. The first-order valence-electron chi connectivity index (χ1n) is 8.26. The molecule has 0 radical (unpaired) electrons. The van der Waals surface area contributed by atoms with Gasteiger partial charge >= 0.3 is 0 Å². The number of carbonyl (C=O) groups is 1. The van der Waals surface area contributed by atoms with Crippen LogP contribution in [0.4, 0.5) is 5.69 Å². The number of hydrogen-bond donors (Lipinski definition) is 0. The van der Waals surface area contributed by atoms with Gasteiger partial charge in [0.25, 0.3) is 5.91 Å². The highest BCUT2D eigenvalue weighted by Crippen LogP contribution is 2.29. The van der Waals surface area contributed by atoms with Crippen LogP contribution in [0.25, 0.3) is 0 Å². The number of aryl methyl sites for hydroxylation is 2. The Balaban J connectivity index is 2.11. The van der Waals surface area contributed by atoms with E-state index in [0.717, 1.165) is 11.1 Å². The van der Waals surface area contributed by atoms with E-state index in [1.165, 1.54) is 12.5 Å². The van der Waals surface area contributed by atoms with Crippen molar-refractivity contribution in [2.75, 3.05) is 17.8 Å². The van der Waals surface area contributed by atoms with Crippen molar-refractivity contribution in [2.45, 2.75) is 19.9 Å². The highest BCUT2D eigenvalue weighted by molar-refractivity contribution is 7.94. The molecule has 0 unspecified atom stereocenters. The number of ether oxygens (including phenoxy) is 1. The third kappa shape index (κ3) is 3.65. The molecule has 3 rings (SSSR count). The summed E-state index contributed by atoms with van der Waals surface area (Å²) in [4.78, 5) is 14.9. The molecule has 0 saturated heterocycles. The zero-order valence-corrected chi connectivity index (χ0v) is 15.8. The zero-order chi connectivity index (χ0) is 18.9. The van der Waals surface area contributed by atoms with Crippen LogP contribution in [0.5, 0.6) is 5.75 Å². The molecule has 2 aromatic carbocycles. The van der Waals surface area contributed by atoms with Crippen molar-refractivity contribution in [3.05, 3.63) is 70.6 Å². The van der Waals surface area contributed by atoms with E-state index in [9.17, 15) is 13.2 Å². The molecule has 1 heterocycles. The minimum atomic E-state index is -3.31. The number of amides is 1. The molecule has 0 N–H and O–H groups in total. The second kappa shape index (κ2) is 6.96. The minimum absolute atomic E-state index is 0.124. The van der Waals surface area contributed by atoms with Gasteiger partial charge in [0.05, 0.1) is 24.5 Å². The predicted molar refractivity (Wildman–Crippen MR) is 102 cm³/mol. The number of benzene rings is 2. The van der Waals surface area contributed by atoms with Gasteiger partial charge in [-0.25, -0.2) is 8.42 Å². The summed E-state index contributed by atoms with van der Waals surface area (Å²) >= 11 is 0. The summed E-state index contributed by atoms with van der Waals surface area (Å²) in [7, 11) is -1.80. The van der Waals surface area contributed by atoms with Gasteiger partial charge in [-0.3, -0.25) is 4.79 Å². The second-order valence-corrected chi connectivity index (χ2v) is 8.38. The molecule has 0 aromatic heterocycles. The summed E-state index contributed by atoms with van der Waals surface area (Å²) in [5, 5.41) is 1.18. The van der Waals surface area contributed by atoms with Gasteiger partial charge in [0.2, 0.25) is 0 Å². The monoisotopic (exact) mass is 371 g/mol.